The normalized spacial score (nSPS) is 11.4. The Kier molecular flexibility index (Phi) is 4.69. The predicted molar refractivity (Wildman–Crippen MR) is 137 cm³/mol. The van der Waals surface area contributed by atoms with Gasteiger partial charge in [0.2, 0.25) is 11.9 Å². The molecule has 168 valence electrons. The van der Waals surface area contributed by atoms with Gasteiger partial charge < -0.3 is 4.42 Å². The molecule has 0 bridgehead atoms. The summed E-state index contributed by atoms with van der Waals surface area (Å²) in [6, 6.07) is 26.5. The van der Waals surface area contributed by atoms with Gasteiger partial charge in [-0.1, -0.05) is 54.6 Å². The molecule has 6 aromatic rings. The molecule has 0 N–H and O–H groups in total. The number of nitriles is 1. The zero-order chi connectivity index (χ0) is 24.3. The third-order valence-corrected chi connectivity index (χ3v) is 6.87. The van der Waals surface area contributed by atoms with Crippen LogP contribution in [0.25, 0.3) is 55.1 Å². The van der Waals surface area contributed by atoms with Crippen LogP contribution in [0, 0.1) is 31.0 Å². The van der Waals surface area contributed by atoms with Gasteiger partial charge in [-0.25, -0.2) is 4.39 Å². The molecule has 0 fully saturated rings. The number of nitrogens with zero attached hydrogens (tertiary/aromatic N) is 2. The quantitative estimate of drug-likeness (QED) is 0.252. The van der Waals surface area contributed by atoms with E-state index < -0.39 is 0 Å². The number of rotatable bonds is 2. The predicted octanol–water partition coefficient (Wildman–Crippen LogP) is 7.53. The first-order valence-electron chi connectivity index (χ1n) is 11.5. The summed E-state index contributed by atoms with van der Waals surface area (Å²) in [5, 5.41) is 14.1. The summed E-state index contributed by atoms with van der Waals surface area (Å²) in [7, 11) is 1.84. The molecule has 3 nitrogen and oxygen atoms in total. The molecule has 6 rings (SSSR count). The Labute approximate surface area is 202 Å². The SMILES string of the molecule is Cc1cc(-c2c(C)ccc3c2oc2c(-c4cccc5ccccc45)c(C#N)ccc23)[n+](C)cc1F. The maximum absolute atomic E-state index is 14.2. The fraction of sp³-hybridized carbons (Fsp3) is 0.0968. The maximum atomic E-state index is 14.2. The van der Waals surface area contributed by atoms with Crippen LogP contribution < -0.4 is 4.57 Å². The standard InChI is InChI=1S/C31H22FN2O/c1-18-11-13-24-25-14-12-21(16-33)29(23-10-6-8-20-7-4-5-9-22(20)23)31(25)35-30(24)28(18)27-15-19(2)26(32)17-34(27)3/h4-15,17H,1-3H3/q+1. The smallest absolute Gasteiger partial charge is 0.216 e. The van der Waals surface area contributed by atoms with Crippen molar-refractivity contribution in [1.29, 1.82) is 5.26 Å². The average Bonchev–Trinajstić information content (AvgIpc) is 3.24. The van der Waals surface area contributed by atoms with Gasteiger partial charge in [-0.15, -0.1) is 0 Å². The van der Waals surface area contributed by atoms with Crippen molar-refractivity contribution in [2.75, 3.05) is 0 Å². The van der Waals surface area contributed by atoms with E-state index in [1.54, 1.807) is 11.5 Å². The molecular weight excluding hydrogens is 435 g/mol. The van der Waals surface area contributed by atoms with Gasteiger partial charge in [-0.05, 0) is 53.4 Å². The summed E-state index contributed by atoms with van der Waals surface area (Å²) in [4.78, 5) is 0. The summed E-state index contributed by atoms with van der Waals surface area (Å²) >= 11 is 0. The molecular formula is C31H22FN2O+. The highest BCUT2D eigenvalue weighted by Crippen LogP contribution is 2.43. The number of furan rings is 1. The Balaban J connectivity index is 1.76. The number of fused-ring (bicyclic) bond motifs is 4. The topological polar surface area (TPSA) is 40.8 Å². The van der Waals surface area contributed by atoms with E-state index in [2.05, 4.69) is 36.4 Å². The second-order valence-corrected chi connectivity index (χ2v) is 9.04. The van der Waals surface area contributed by atoms with Crippen LogP contribution in [0.3, 0.4) is 0 Å². The minimum absolute atomic E-state index is 0.248. The minimum atomic E-state index is -0.248. The first-order valence-corrected chi connectivity index (χ1v) is 11.5. The molecule has 0 saturated heterocycles. The van der Waals surface area contributed by atoms with Crippen molar-refractivity contribution in [2.45, 2.75) is 13.8 Å². The number of hydrogen-bond donors (Lipinski definition) is 0. The van der Waals surface area contributed by atoms with Gasteiger partial charge in [0.25, 0.3) is 0 Å². The number of pyridine rings is 1. The van der Waals surface area contributed by atoms with Crippen molar-refractivity contribution in [3.05, 3.63) is 102 Å². The average molecular weight is 458 g/mol. The molecule has 4 heteroatoms. The number of hydrogen-bond acceptors (Lipinski definition) is 2. The van der Waals surface area contributed by atoms with E-state index in [1.165, 1.54) is 6.20 Å². The van der Waals surface area contributed by atoms with Crippen molar-refractivity contribution >= 4 is 32.7 Å². The van der Waals surface area contributed by atoms with Crippen molar-refractivity contribution in [1.82, 2.24) is 0 Å². The van der Waals surface area contributed by atoms with Gasteiger partial charge in [0, 0.05) is 22.4 Å². The lowest BCUT2D eigenvalue weighted by molar-refractivity contribution is -0.662. The number of aromatic nitrogens is 1. The van der Waals surface area contributed by atoms with E-state index in [9.17, 15) is 9.65 Å². The molecule has 0 unspecified atom stereocenters. The Bertz CT molecular complexity index is 1850. The molecule has 0 atom stereocenters. The summed E-state index contributed by atoms with van der Waals surface area (Å²) in [5.41, 5.74) is 7.15. The van der Waals surface area contributed by atoms with E-state index >= 15 is 0 Å². The van der Waals surface area contributed by atoms with Crippen LogP contribution in [0.5, 0.6) is 0 Å². The van der Waals surface area contributed by atoms with Crippen molar-refractivity contribution in [3.8, 4) is 28.5 Å². The van der Waals surface area contributed by atoms with Crippen LogP contribution in [0.2, 0.25) is 0 Å². The van der Waals surface area contributed by atoms with Crippen LogP contribution in [-0.4, -0.2) is 0 Å². The van der Waals surface area contributed by atoms with Crippen molar-refractivity contribution in [2.24, 2.45) is 7.05 Å². The molecule has 2 aromatic heterocycles. The van der Waals surface area contributed by atoms with Crippen LogP contribution in [-0.2, 0) is 7.05 Å². The largest absolute Gasteiger partial charge is 0.454 e. The first kappa shape index (κ1) is 21.1. The molecule has 0 aliphatic rings. The highest BCUT2D eigenvalue weighted by molar-refractivity contribution is 6.15. The Morgan fingerprint density at radius 3 is 2.31 bits per heavy atom. The van der Waals surface area contributed by atoms with Crippen LogP contribution >= 0.6 is 0 Å². The monoisotopic (exact) mass is 457 g/mol. The molecule has 0 amide bonds. The summed E-state index contributed by atoms with van der Waals surface area (Å²) < 4.78 is 22.7. The molecule has 2 heterocycles. The van der Waals surface area contributed by atoms with E-state index in [0.29, 0.717) is 16.7 Å². The fourth-order valence-electron chi connectivity index (χ4n) is 5.09. The summed E-state index contributed by atoms with van der Waals surface area (Å²) in [6.07, 6.45) is 1.50. The van der Waals surface area contributed by atoms with Crippen LogP contribution in [0.1, 0.15) is 16.7 Å². The van der Waals surface area contributed by atoms with Gasteiger partial charge >= 0.3 is 0 Å². The lowest BCUT2D eigenvalue weighted by Crippen LogP contribution is -2.31. The van der Waals surface area contributed by atoms with Gasteiger partial charge in [0.15, 0.2) is 5.82 Å². The third-order valence-electron chi connectivity index (χ3n) is 6.87. The van der Waals surface area contributed by atoms with Gasteiger partial charge in [-0.3, -0.25) is 0 Å². The molecule has 4 aromatic carbocycles. The van der Waals surface area contributed by atoms with Crippen molar-refractivity contribution in [3.63, 3.8) is 0 Å². The number of halogens is 1. The minimum Gasteiger partial charge on any atom is -0.454 e. The fourth-order valence-corrected chi connectivity index (χ4v) is 5.09. The zero-order valence-electron chi connectivity index (χ0n) is 19.7. The van der Waals surface area contributed by atoms with Gasteiger partial charge in [-0.2, -0.15) is 9.83 Å². The lowest BCUT2D eigenvalue weighted by atomic mass is 9.93. The molecule has 0 aliphatic carbocycles. The summed E-state index contributed by atoms with van der Waals surface area (Å²) in [5.74, 6) is -0.248. The number of aryl methyl sites for hydroxylation is 3. The van der Waals surface area contributed by atoms with E-state index in [1.807, 2.05) is 56.4 Å². The Morgan fingerprint density at radius 2 is 1.51 bits per heavy atom. The highest BCUT2D eigenvalue weighted by atomic mass is 19.1. The van der Waals surface area contributed by atoms with Crippen molar-refractivity contribution < 1.29 is 13.4 Å². The van der Waals surface area contributed by atoms with Crippen LogP contribution in [0.15, 0.2) is 83.4 Å². The Morgan fingerprint density at radius 1 is 0.800 bits per heavy atom. The molecule has 0 aliphatic heterocycles. The van der Waals surface area contributed by atoms with Gasteiger partial charge in [0.05, 0.1) is 17.2 Å². The van der Waals surface area contributed by atoms with E-state index in [-0.39, 0.29) is 5.82 Å². The van der Waals surface area contributed by atoms with E-state index in [0.717, 1.165) is 55.1 Å². The molecule has 0 spiro atoms. The summed E-state index contributed by atoms with van der Waals surface area (Å²) in [6.45, 7) is 3.80. The third kappa shape index (κ3) is 3.13. The van der Waals surface area contributed by atoms with Crippen LogP contribution in [0.4, 0.5) is 4.39 Å². The highest BCUT2D eigenvalue weighted by Gasteiger charge is 2.24. The van der Waals surface area contributed by atoms with E-state index in [4.69, 9.17) is 4.42 Å². The zero-order valence-corrected chi connectivity index (χ0v) is 19.7. The molecule has 0 radical (unpaired) electrons. The van der Waals surface area contributed by atoms with Gasteiger partial charge in [0.1, 0.15) is 18.2 Å². The second-order valence-electron chi connectivity index (χ2n) is 9.04. The number of benzene rings is 4. The molecule has 0 saturated carbocycles. The second kappa shape index (κ2) is 7.78. The maximum Gasteiger partial charge on any atom is 0.216 e. The molecule has 35 heavy (non-hydrogen) atoms. The lowest BCUT2D eigenvalue weighted by Gasteiger charge is -2.09. The first-order chi connectivity index (χ1) is 17.0. The Hall–Kier alpha value is -4.49.